The van der Waals surface area contributed by atoms with Crippen LogP contribution in [0.15, 0.2) is 45.5 Å². The van der Waals surface area contributed by atoms with Crippen LogP contribution in [0.3, 0.4) is 0 Å². The van der Waals surface area contributed by atoms with Crippen molar-refractivity contribution in [3.63, 3.8) is 0 Å². The normalized spacial score (nSPS) is 10.2. The molecule has 1 heterocycles. The van der Waals surface area contributed by atoms with Crippen molar-refractivity contribution < 1.29 is 9.13 Å². The minimum absolute atomic E-state index is 0.0462. The number of hydrogen-bond donors (Lipinski definition) is 0. The fraction of sp³-hybridized carbons (Fsp3) is 0. The van der Waals surface area contributed by atoms with Crippen LogP contribution in [-0.4, -0.2) is 4.98 Å². The molecule has 0 aliphatic rings. The standard InChI is InChI=1S/C11H6Br2FNO/c12-7-5-9(14)11(15-6-7)16-10-4-2-1-3-8(10)13/h1-6H. The van der Waals surface area contributed by atoms with Gasteiger partial charge < -0.3 is 4.74 Å². The molecule has 0 bridgehead atoms. The summed E-state index contributed by atoms with van der Waals surface area (Å²) in [7, 11) is 0. The van der Waals surface area contributed by atoms with Crippen molar-refractivity contribution in [3.05, 3.63) is 51.3 Å². The van der Waals surface area contributed by atoms with E-state index in [0.717, 1.165) is 4.47 Å². The second-order valence-corrected chi connectivity index (χ2v) is 4.74. The van der Waals surface area contributed by atoms with E-state index in [1.807, 2.05) is 12.1 Å². The van der Waals surface area contributed by atoms with Crippen LogP contribution in [0.5, 0.6) is 11.6 Å². The lowest BCUT2D eigenvalue weighted by Crippen LogP contribution is -1.92. The van der Waals surface area contributed by atoms with E-state index in [2.05, 4.69) is 36.8 Å². The summed E-state index contributed by atoms with van der Waals surface area (Å²) in [4.78, 5) is 3.85. The summed E-state index contributed by atoms with van der Waals surface area (Å²) >= 11 is 6.44. The van der Waals surface area contributed by atoms with Crippen molar-refractivity contribution in [1.82, 2.24) is 4.98 Å². The summed E-state index contributed by atoms with van der Waals surface area (Å²) in [5.74, 6) is -0.0311. The van der Waals surface area contributed by atoms with Crippen LogP contribution in [-0.2, 0) is 0 Å². The molecule has 0 atom stereocenters. The maximum Gasteiger partial charge on any atom is 0.255 e. The summed E-state index contributed by atoms with van der Waals surface area (Å²) in [6.07, 6.45) is 1.48. The Balaban J connectivity index is 2.31. The third-order valence-electron chi connectivity index (χ3n) is 1.82. The van der Waals surface area contributed by atoms with E-state index < -0.39 is 5.82 Å². The SMILES string of the molecule is Fc1cc(Br)cnc1Oc1ccccc1Br. The molecule has 0 fully saturated rings. The summed E-state index contributed by atoms with van der Waals surface area (Å²) in [6, 6.07) is 8.50. The van der Waals surface area contributed by atoms with Gasteiger partial charge in [-0.1, -0.05) is 12.1 Å². The number of benzene rings is 1. The highest BCUT2D eigenvalue weighted by Gasteiger charge is 2.08. The van der Waals surface area contributed by atoms with Gasteiger partial charge in [-0.15, -0.1) is 0 Å². The topological polar surface area (TPSA) is 22.1 Å². The van der Waals surface area contributed by atoms with Crippen LogP contribution >= 0.6 is 31.9 Å². The lowest BCUT2D eigenvalue weighted by atomic mass is 10.3. The number of aromatic nitrogens is 1. The van der Waals surface area contributed by atoms with E-state index in [4.69, 9.17) is 4.74 Å². The second-order valence-electron chi connectivity index (χ2n) is 2.97. The lowest BCUT2D eigenvalue weighted by molar-refractivity contribution is 0.420. The van der Waals surface area contributed by atoms with Crippen molar-refractivity contribution >= 4 is 31.9 Å². The van der Waals surface area contributed by atoms with Gasteiger partial charge in [0.1, 0.15) is 5.75 Å². The molecule has 0 amide bonds. The first-order valence-corrected chi connectivity index (χ1v) is 5.99. The zero-order valence-corrected chi connectivity index (χ0v) is 11.1. The Kier molecular flexibility index (Phi) is 3.56. The summed E-state index contributed by atoms with van der Waals surface area (Å²) < 4.78 is 20.1. The van der Waals surface area contributed by atoms with Crippen molar-refractivity contribution in [1.29, 1.82) is 0 Å². The fourth-order valence-corrected chi connectivity index (χ4v) is 1.78. The molecule has 0 aliphatic heterocycles. The maximum atomic E-state index is 13.4. The van der Waals surface area contributed by atoms with Crippen molar-refractivity contribution in [2.75, 3.05) is 0 Å². The molecule has 0 unspecified atom stereocenters. The zero-order valence-electron chi connectivity index (χ0n) is 7.95. The Morgan fingerprint density at radius 2 is 1.94 bits per heavy atom. The highest BCUT2D eigenvalue weighted by Crippen LogP contribution is 2.29. The van der Waals surface area contributed by atoms with Crippen LogP contribution in [0, 0.1) is 5.82 Å². The molecular weight excluding hydrogens is 341 g/mol. The molecule has 2 aromatic rings. The maximum absolute atomic E-state index is 13.4. The minimum atomic E-state index is -0.509. The molecule has 16 heavy (non-hydrogen) atoms. The van der Waals surface area contributed by atoms with Gasteiger partial charge in [0.15, 0.2) is 5.82 Å². The van der Waals surface area contributed by atoms with E-state index in [1.165, 1.54) is 12.3 Å². The predicted molar refractivity (Wildman–Crippen MR) is 66.1 cm³/mol. The van der Waals surface area contributed by atoms with Crippen LogP contribution in [0.2, 0.25) is 0 Å². The first-order valence-electron chi connectivity index (χ1n) is 4.40. The molecule has 82 valence electrons. The Labute approximate surface area is 109 Å². The van der Waals surface area contributed by atoms with Crippen molar-refractivity contribution in [2.45, 2.75) is 0 Å². The van der Waals surface area contributed by atoms with Gasteiger partial charge in [0.25, 0.3) is 5.88 Å². The molecule has 2 nitrogen and oxygen atoms in total. The fourth-order valence-electron chi connectivity index (χ4n) is 1.11. The summed E-state index contributed by atoms with van der Waals surface area (Å²) in [5.41, 5.74) is 0. The molecule has 2 rings (SSSR count). The third kappa shape index (κ3) is 2.59. The second kappa shape index (κ2) is 4.93. The molecule has 0 radical (unpaired) electrons. The van der Waals surface area contributed by atoms with Crippen LogP contribution in [0.25, 0.3) is 0 Å². The van der Waals surface area contributed by atoms with Crippen LogP contribution < -0.4 is 4.74 Å². The molecular formula is C11H6Br2FNO. The van der Waals surface area contributed by atoms with Gasteiger partial charge in [0.2, 0.25) is 0 Å². The third-order valence-corrected chi connectivity index (χ3v) is 2.91. The number of nitrogens with zero attached hydrogens (tertiary/aromatic N) is 1. The smallest absolute Gasteiger partial charge is 0.255 e. The van der Waals surface area contributed by atoms with Gasteiger partial charge in [-0.05, 0) is 50.1 Å². The average molecular weight is 347 g/mol. The Hall–Kier alpha value is -0.940. The van der Waals surface area contributed by atoms with E-state index >= 15 is 0 Å². The zero-order chi connectivity index (χ0) is 11.5. The molecule has 0 saturated heterocycles. The largest absolute Gasteiger partial charge is 0.435 e. The predicted octanol–water partition coefficient (Wildman–Crippen LogP) is 4.54. The van der Waals surface area contributed by atoms with Crippen molar-refractivity contribution in [2.24, 2.45) is 0 Å². The highest BCUT2D eigenvalue weighted by molar-refractivity contribution is 9.10. The van der Waals surface area contributed by atoms with Crippen LogP contribution in [0.1, 0.15) is 0 Å². The molecule has 1 aromatic carbocycles. The van der Waals surface area contributed by atoms with Gasteiger partial charge in [0.05, 0.1) is 4.47 Å². The Morgan fingerprint density at radius 1 is 1.19 bits per heavy atom. The van der Waals surface area contributed by atoms with E-state index in [9.17, 15) is 4.39 Å². The van der Waals surface area contributed by atoms with E-state index in [1.54, 1.807) is 12.1 Å². The van der Waals surface area contributed by atoms with Gasteiger partial charge in [-0.3, -0.25) is 0 Å². The van der Waals surface area contributed by atoms with Gasteiger partial charge >= 0.3 is 0 Å². The molecule has 0 N–H and O–H groups in total. The van der Waals surface area contributed by atoms with E-state index in [-0.39, 0.29) is 5.88 Å². The first-order chi connectivity index (χ1) is 7.66. The van der Waals surface area contributed by atoms with E-state index in [0.29, 0.717) is 10.2 Å². The highest BCUT2D eigenvalue weighted by atomic mass is 79.9. The van der Waals surface area contributed by atoms with Gasteiger partial charge in [-0.25, -0.2) is 9.37 Å². The average Bonchev–Trinajstić information content (AvgIpc) is 2.25. The number of hydrogen-bond acceptors (Lipinski definition) is 2. The number of halogens is 3. The van der Waals surface area contributed by atoms with Gasteiger partial charge in [0, 0.05) is 10.7 Å². The number of rotatable bonds is 2. The van der Waals surface area contributed by atoms with Crippen LogP contribution in [0.4, 0.5) is 4.39 Å². The number of para-hydroxylation sites is 1. The number of ether oxygens (including phenoxy) is 1. The number of pyridine rings is 1. The molecule has 0 aliphatic carbocycles. The Bertz CT molecular complexity index is 519. The first kappa shape index (κ1) is 11.5. The van der Waals surface area contributed by atoms with Crippen molar-refractivity contribution in [3.8, 4) is 11.6 Å². The lowest BCUT2D eigenvalue weighted by Gasteiger charge is -2.07. The molecule has 0 spiro atoms. The monoisotopic (exact) mass is 345 g/mol. The summed E-state index contributed by atoms with van der Waals surface area (Å²) in [6.45, 7) is 0. The van der Waals surface area contributed by atoms with Gasteiger partial charge in [-0.2, -0.15) is 0 Å². The Morgan fingerprint density at radius 3 is 2.62 bits per heavy atom. The molecule has 0 saturated carbocycles. The summed E-state index contributed by atoms with van der Waals surface area (Å²) in [5, 5.41) is 0. The molecule has 1 aromatic heterocycles. The minimum Gasteiger partial charge on any atom is -0.435 e. The molecule has 5 heteroatoms. The quantitative estimate of drug-likeness (QED) is 0.796.